The predicted octanol–water partition coefficient (Wildman–Crippen LogP) is 3.83. The number of aromatic nitrogens is 1. The zero-order valence-corrected chi connectivity index (χ0v) is 12.4. The van der Waals surface area contributed by atoms with Crippen LogP contribution in [-0.2, 0) is 0 Å². The molecule has 6 heteroatoms. The van der Waals surface area contributed by atoms with Crippen LogP contribution in [0.25, 0.3) is 10.6 Å². The third-order valence-corrected chi connectivity index (χ3v) is 4.33. The number of ether oxygens (including phenoxy) is 2. The van der Waals surface area contributed by atoms with Gasteiger partial charge in [0.25, 0.3) is 0 Å². The van der Waals surface area contributed by atoms with Gasteiger partial charge < -0.3 is 9.47 Å². The Kier molecular flexibility index (Phi) is 3.63. The highest BCUT2D eigenvalue weighted by atomic mass is 35.5. The molecule has 0 amide bonds. The highest BCUT2D eigenvalue weighted by molar-refractivity contribution is 7.16. The first-order valence-electron chi connectivity index (χ1n) is 6.21. The van der Waals surface area contributed by atoms with Crippen LogP contribution in [0.3, 0.4) is 0 Å². The molecule has 4 nitrogen and oxygen atoms in total. The van der Waals surface area contributed by atoms with Crippen LogP contribution in [0, 0.1) is 0 Å². The van der Waals surface area contributed by atoms with Gasteiger partial charge in [0.1, 0.15) is 5.01 Å². The second kappa shape index (κ2) is 5.42. The van der Waals surface area contributed by atoms with Gasteiger partial charge in [-0.05, 0) is 12.1 Å². The number of halogens is 1. The van der Waals surface area contributed by atoms with E-state index in [0.29, 0.717) is 34.6 Å². The molecule has 1 aliphatic heterocycles. The lowest BCUT2D eigenvalue weighted by atomic mass is 10.2. The molecule has 2 aromatic rings. The van der Waals surface area contributed by atoms with Crippen molar-refractivity contribution in [3.05, 3.63) is 28.2 Å². The summed E-state index contributed by atoms with van der Waals surface area (Å²) in [6.07, 6.45) is 2.41. The summed E-state index contributed by atoms with van der Waals surface area (Å²) in [4.78, 5) is 16.2. The van der Waals surface area contributed by atoms with Crippen molar-refractivity contribution < 1.29 is 14.3 Å². The molecule has 0 radical (unpaired) electrons. The number of nitrogens with zero attached hydrogens (tertiary/aromatic N) is 1. The number of rotatable bonds is 2. The number of fused-ring (bicyclic) bond motifs is 1. The van der Waals surface area contributed by atoms with Crippen LogP contribution in [0.1, 0.15) is 23.0 Å². The molecule has 0 N–H and O–H groups in total. The van der Waals surface area contributed by atoms with Crippen LogP contribution in [0.2, 0.25) is 5.02 Å². The van der Waals surface area contributed by atoms with Crippen molar-refractivity contribution in [1.29, 1.82) is 0 Å². The number of hydrogen-bond acceptors (Lipinski definition) is 5. The monoisotopic (exact) mass is 309 g/mol. The molecule has 0 bridgehead atoms. The maximum absolute atomic E-state index is 11.3. The number of carbonyl (C=O) groups is 1. The van der Waals surface area contributed by atoms with Crippen LogP contribution in [0.15, 0.2) is 18.3 Å². The Morgan fingerprint density at radius 3 is 2.90 bits per heavy atom. The minimum Gasteiger partial charge on any atom is -0.489 e. The van der Waals surface area contributed by atoms with Crippen LogP contribution < -0.4 is 9.47 Å². The molecule has 104 valence electrons. The van der Waals surface area contributed by atoms with Gasteiger partial charge in [-0.1, -0.05) is 11.6 Å². The van der Waals surface area contributed by atoms with Gasteiger partial charge in [-0.25, -0.2) is 4.98 Å². The maximum Gasteiger partial charge on any atom is 0.179 e. The fourth-order valence-corrected chi connectivity index (χ4v) is 2.99. The van der Waals surface area contributed by atoms with Crippen molar-refractivity contribution in [2.75, 3.05) is 13.2 Å². The molecule has 1 aromatic heterocycles. The molecule has 0 saturated carbocycles. The van der Waals surface area contributed by atoms with Gasteiger partial charge in [0.05, 0.1) is 23.1 Å². The molecular formula is C14H12ClNO3S. The lowest BCUT2D eigenvalue weighted by molar-refractivity contribution is 0.102. The van der Waals surface area contributed by atoms with Gasteiger partial charge in [-0.3, -0.25) is 4.79 Å². The average molecular weight is 310 g/mol. The number of ketones is 1. The summed E-state index contributed by atoms with van der Waals surface area (Å²) in [5.74, 6) is 1.22. The second-order valence-corrected chi connectivity index (χ2v) is 5.86. The summed E-state index contributed by atoms with van der Waals surface area (Å²) in [5.41, 5.74) is 0.830. The predicted molar refractivity (Wildman–Crippen MR) is 78.2 cm³/mol. The fourth-order valence-electron chi connectivity index (χ4n) is 1.92. The number of carbonyl (C=O) groups excluding carboxylic acids is 1. The minimum atomic E-state index is 0.00851. The lowest BCUT2D eigenvalue weighted by Crippen LogP contribution is -1.97. The van der Waals surface area contributed by atoms with Gasteiger partial charge in [0.15, 0.2) is 17.3 Å². The quantitative estimate of drug-likeness (QED) is 0.791. The van der Waals surface area contributed by atoms with Crippen LogP contribution in [0.4, 0.5) is 0 Å². The van der Waals surface area contributed by atoms with E-state index in [2.05, 4.69) is 4.98 Å². The zero-order valence-electron chi connectivity index (χ0n) is 10.8. The SMILES string of the molecule is CC(=O)c1cnc(-c2cc(Cl)c3c(c2)OCCCO3)s1. The van der Waals surface area contributed by atoms with E-state index in [4.69, 9.17) is 21.1 Å². The van der Waals surface area contributed by atoms with Crippen molar-refractivity contribution in [1.82, 2.24) is 4.98 Å². The highest BCUT2D eigenvalue weighted by Gasteiger charge is 2.18. The smallest absolute Gasteiger partial charge is 0.179 e. The number of hydrogen-bond donors (Lipinski definition) is 0. The molecule has 1 aromatic carbocycles. The normalized spacial score (nSPS) is 13.9. The topological polar surface area (TPSA) is 48.4 Å². The van der Waals surface area contributed by atoms with E-state index in [-0.39, 0.29) is 5.78 Å². The third kappa shape index (κ3) is 2.51. The highest BCUT2D eigenvalue weighted by Crippen LogP contribution is 2.41. The molecule has 0 fully saturated rings. The van der Waals surface area contributed by atoms with Crippen LogP contribution >= 0.6 is 22.9 Å². The average Bonchev–Trinajstić information content (AvgIpc) is 2.79. The lowest BCUT2D eigenvalue weighted by Gasteiger charge is -2.10. The third-order valence-electron chi connectivity index (χ3n) is 2.90. The molecule has 2 heterocycles. The Hall–Kier alpha value is -1.59. The molecule has 0 aliphatic carbocycles. The molecule has 3 rings (SSSR count). The number of benzene rings is 1. The van der Waals surface area contributed by atoms with E-state index in [9.17, 15) is 4.79 Å². The maximum atomic E-state index is 11.3. The summed E-state index contributed by atoms with van der Waals surface area (Å²) in [7, 11) is 0. The molecule has 0 atom stereocenters. The van der Waals surface area contributed by atoms with Gasteiger partial charge in [0, 0.05) is 25.1 Å². The van der Waals surface area contributed by atoms with E-state index in [1.54, 1.807) is 12.3 Å². The van der Waals surface area contributed by atoms with Crippen molar-refractivity contribution in [2.45, 2.75) is 13.3 Å². The van der Waals surface area contributed by atoms with Crippen LogP contribution in [0.5, 0.6) is 11.5 Å². The van der Waals surface area contributed by atoms with Gasteiger partial charge in [-0.2, -0.15) is 0 Å². The molecule has 0 spiro atoms. The summed E-state index contributed by atoms with van der Waals surface area (Å²) in [6, 6.07) is 3.65. The summed E-state index contributed by atoms with van der Waals surface area (Å²) in [6.45, 7) is 2.72. The Labute approximate surface area is 125 Å². The standard InChI is InChI=1S/C14H12ClNO3S/c1-8(17)12-7-16-14(20-12)9-5-10(15)13-11(6-9)18-3-2-4-19-13/h5-7H,2-4H2,1H3. The molecule has 1 aliphatic rings. The van der Waals surface area contributed by atoms with Crippen molar-refractivity contribution in [2.24, 2.45) is 0 Å². The van der Waals surface area contributed by atoms with Crippen molar-refractivity contribution in [3.8, 4) is 22.1 Å². The number of Topliss-reactive ketones (excluding diaryl/α,β-unsaturated/α-hetero) is 1. The molecule has 20 heavy (non-hydrogen) atoms. The first-order valence-corrected chi connectivity index (χ1v) is 7.41. The van der Waals surface area contributed by atoms with Crippen molar-refractivity contribution in [3.63, 3.8) is 0 Å². The second-order valence-electron chi connectivity index (χ2n) is 4.42. The fraction of sp³-hybridized carbons (Fsp3) is 0.286. The molecule has 0 unspecified atom stereocenters. The minimum absolute atomic E-state index is 0.00851. The van der Waals surface area contributed by atoms with E-state index in [1.165, 1.54) is 18.3 Å². The van der Waals surface area contributed by atoms with Gasteiger partial charge in [-0.15, -0.1) is 11.3 Å². The summed E-state index contributed by atoms with van der Waals surface area (Å²) < 4.78 is 11.2. The van der Waals surface area contributed by atoms with Crippen molar-refractivity contribution >= 4 is 28.7 Å². The van der Waals surface area contributed by atoms with E-state index in [1.807, 2.05) is 6.07 Å². The van der Waals surface area contributed by atoms with E-state index >= 15 is 0 Å². The Balaban J connectivity index is 2.03. The Morgan fingerprint density at radius 2 is 2.15 bits per heavy atom. The zero-order chi connectivity index (χ0) is 14.1. The molecule has 0 saturated heterocycles. The molecular weight excluding hydrogens is 298 g/mol. The van der Waals surface area contributed by atoms with Crippen LogP contribution in [-0.4, -0.2) is 24.0 Å². The Bertz CT molecular complexity index is 668. The number of thiazole rings is 1. The summed E-state index contributed by atoms with van der Waals surface area (Å²) in [5, 5.41) is 1.24. The largest absolute Gasteiger partial charge is 0.489 e. The van der Waals surface area contributed by atoms with Gasteiger partial charge in [0.2, 0.25) is 0 Å². The van der Waals surface area contributed by atoms with E-state index in [0.717, 1.165) is 17.0 Å². The first-order chi connectivity index (χ1) is 9.65. The first kappa shape index (κ1) is 13.4. The van der Waals surface area contributed by atoms with E-state index < -0.39 is 0 Å². The van der Waals surface area contributed by atoms with Gasteiger partial charge >= 0.3 is 0 Å². The Morgan fingerprint density at radius 1 is 1.35 bits per heavy atom. The summed E-state index contributed by atoms with van der Waals surface area (Å²) >= 11 is 7.59.